The molecule has 1 aromatic carbocycles. The minimum absolute atomic E-state index is 0.0958. The highest BCUT2D eigenvalue weighted by molar-refractivity contribution is 6.24. The minimum atomic E-state index is -2.59. The van der Waals surface area contributed by atoms with E-state index in [2.05, 4.69) is 18.2 Å². The van der Waals surface area contributed by atoms with Crippen LogP contribution in [0.1, 0.15) is 77.0 Å². The standard InChI is InChI=1S/C33H38O7/c1-17(2)25-27(36)23(18(3)34)29(38)33(40)30(39)26-28(37)24-21(15-31(26,4)16-32(25,33)5)20(13-14-22(24)35)12-8-11-19-9-6-7-10-19/h6-7,9,13-14,17,25,35,37-38,40H,8,10-12,15-16H2,1-5H3/t25?,31-,32-,33+/m1/s1. The van der Waals surface area contributed by atoms with E-state index >= 15 is 0 Å². The number of carbonyl (C=O) groups is 3. The third-order valence-corrected chi connectivity index (χ3v) is 9.78. The molecular formula is C33H38O7. The molecule has 0 bridgehead atoms. The summed E-state index contributed by atoms with van der Waals surface area (Å²) < 4.78 is 0. The molecule has 1 unspecified atom stereocenters. The third kappa shape index (κ3) is 3.70. The lowest BCUT2D eigenvalue weighted by Crippen LogP contribution is -2.69. The minimum Gasteiger partial charge on any atom is -0.508 e. The van der Waals surface area contributed by atoms with Crippen LogP contribution in [0.25, 0.3) is 5.76 Å². The molecule has 7 heteroatoms. The first kappa shape index (κ1) is 28.1. The molecule has 0 heterocycles. The fraction of sp³-hybridized carbons (Fsp3) is 0.485. The highest BCUT2D eigenvalue weighted by Gasteiger charge is 2.72. The van der Waals surface area contributed by atoms with Crippen molar-refractivity contribution >= 4 is 23.1 Å². The maximum atomic E-state index is 14.3. The van der Waals surface area contributed by atoms with E-state index in [-0.39, 0.29) is 29.2 Å². The molecule has 0 saturated heterocycles. The van der Waals surface area contributed by atoms with E-state index in [1.165, 1.54) is 11.6 Å². The fourth-order valence-electron chi connectivity index (χ4n) is 8.20. The molecule has 5 rings (SSSR count). The number of rotatable bonds is 6. The number of aromatic hydroxyl groups is 1. The van der Waals surface area contributed by atoms with Crippen molar-refractivity contribution in [2.75, 3.05) is 0 Å². The zero-order valence-electron chi connectivity index (χ0n) is 23.8. The van der Waals surface area contributed by atoms with E-state index in [9.17, 15) is 34.8 Å². The number of aliphatic hydroxyl groups excluding tert-OH is 2. The number of Topliss-reactive ketones (excluding diaryl/α,β-unsaturated/α-hetero) is 3. The van der Waals surface area contributed by atoms with Crippen LogP contribution in [-0.4, -0.2) is 43.4 Å². The van der Waals surface area contributed by atoms with E-state index in [0.717, 1.165) is 37.3 Å². The summed E-state index contributed by atoms with van der Waals surface area (Å²) in [7, 11) is 0. The fourth-order valence-corrected chi connectivity index (χ4v) is 8.20. The molecule has 4 N–H and O–H groups in total. The quantitative estimate of drug-likeness (QED) is 0.351. The number of aliphatic hydroxyl groups is 3. The van der Waals surface area contributed by atoms with Crippen molar-refractivity contribution in [3.8, 4) is 5.75 Å². The number of ketones is 3. The van der Waals surface area contributed by atoms with Crippen LogP contribution in [0.5, 0.6) is 5.75 Å². The van der Waals surface area contributed by atoms with Crippen LogP contribution in [0.15, 0.2) is 52.8 Å². The van der Waals surface area contributed by atoms with E-state index in [0.29, 0.717) is 12.8 Å². The highest BCUT2D eigenvalue weighted by atomic mass is 16.3. The summed E-state index contributed by atoms with van der Waals surface area (Å²) in [4.78, 5) is 40.4. The number of hydrogen-bond donors (Lipinski definition) is 4. The Morgan fingerprint density at radius 1 is 1.10 bits per heavy atom. The molecule has 0 aliphatic heterocycles. The van der Waals surface area contributed by atoms with Gasteiger partial charge in [0.1, 0.15) is 22.8 Å². The van der Waals surface area contributed by atoms with Crippen LogP contribution < -0.4 is 0 Å². The topological polar surface area (TPSA) is 132 Å². The van der Waals surface area contributed by atoms with E-state index in [1.54, 1.807) is 20.8 Å². The summed E-state index contributed by atoms with van der Waals surface area (Å²) in [6, 6.07) is 3.37. The maximum Gasteiger partial charge on any atom is 0.203 e. The van der Waals surface area contributed by atoms with E-state index < -0.39 is 56.8 Å². The first-order chi connectivity index (χ1) is 18.7. The van der Waals surface area contributed by atoms with E-state index in [1.807, 2.05) is 13.0 Å². The van der Waals surface area contributed by atoms with Gasteiger partial charge in [0.15, 0.2) is 17.2 Å². The van der Waals surface area contributed by atoms with Gasteiger partial charge in [-0.05, 0) is 68.6 Å². The van der Waals surface area contributed by atoms with Crippen molar-refractivity contribution in [1.29, 1.82) is 0 Å². The number of phenols is 1. The number of benzene rings is 1. The average molecular weight is 547 g/mol. The van der Waals surface area contributed by atoms with E-state index in [4.69, 9.17) is 0 Å². The maximum absolute atomic E-state index is 14.3. The van der Waals surface area contributed by atoms with Crippen molar-refractivity contribution in [2.24, 2.45) is 22.7 Å². The molecule has 4 aliphatic rings. The Morgan fingerprint density at radius 2 is 1.80 bits per heavy atom. The number of phenolic OH excluding ortho intramolecular Hbond substituents is 1. The Morgan fingerprint density at radius 3 is 2.40 bits per heavy atom. The zero-order chi connectivity index (χ0) is 29.4. The largest absolute Gasteiger partial charge is 0.508 e. The van der Waals surface area contributed by atoms with Crippen LogP contribution in [0.2, 0.25) is 0 Å². The Bertz CT molecular complexity index is 1470. The molecule has 0 amide bonds. The summed E-state index contributed by atoms with van der Waals surface area (Å²) in [6.07, 6.45) is 10.2. The van der Waals surface area contributed by atoms with Gasteiger partial charge in [0.05, 0.1) is 5.56 Å². The molecule has 1 saturated carbocycles. The summed E-state index contributed by atoms with van der Waals surface area (Å²) in [5.41, 5.74) is -2.48. The van der Waals surface area contributed by atoms with Gasteiger partial charge in [-0.3, -0.25) is 14.4 Å². The van der Waals surface area contributed by atoms with Crippen molar-refractivity contribution in [3.05, 3.63) is 69.5 Å². The number of carbonyl (C=O) groups excluding carboxylic acids is 3. The number of hydrogen-bond acceptors (Lipinski definition) is 7. The predicted molar refractivity (Wildman–Crippen MR) is 151 cm³/mol. The number of fused-ring (bicyclic) bond motifs is 3. The van der Waals surface area contributed by atoms with Crippen LogP contribution in [0.4, 0.5) is 0 Å². The van der Waals surface area contributed by atoms with Gasteiger partial charge in [-0.15, -0.1) is 0 Å². The Hall–Kier alpha value is -3.45. The smallest absolute Gasteiger partial charge is 0.203 e. The SMILES string of the molecule is CC(=O)C1=C(O)[C@]2(O)C(=O)C3=C(O)c4c(O)ccc(CCCC5=CC=CC5)c4C[C@]3(C)C[C@]2(C)C(C(C)C)C1=O. The van der Waals surface area contributed by atoms with Gasteiger partial charge in [-0.2, -0.15) is 0 Å². The second-order valence-corrected chi connectivity index (χ2v) is 12.9. The van der Waals surface area contributed by atoms with Crippen molar-refractivity contribution in [1.82, 2.24) is 0 Å². The van der Waals surface area contributed by atoms with Gasteiger partial charge in [0, 0.05) is 22.3 Å². The van der Waals surface area contributed by atoms with Crippen molar-refractivity contribution in [2.45, 2.75) is 78.7 Å². The number of allylic oxidation sites excluding steroid dienone is 5. The predicted octanol–water partition coefficient (Wildman–Crippen LogP) is 5.40. The van der Waals surface area contributed by atoms with Gasteiger partial charge in [-0.25, -0.2) is 0 Å². The first-order valence-electron chi connectivity index (χ1n) is 14.1. The lowest BCUT2D eigenvalue weighted by Gasteiger charge is -2.59. The van der Waals surface area contributed by atoms with Crippen LogP contribution >= 0.6 is 0 Å². The molecule has 4 atom stereocenters. The van der Waals surface area contributed by atoms with Crippen molar-refractivity contribution in [3.63, 3.8) is 0 Å². The molecule has 212 valence electrons. The van der Waals surface area contributed by atoms with Crippen LogP contribution in [0.3, 0.4) is 0 Å². The molecule has 1 fully saturated rings. The second kappa shape index (κ2) is 9.30. The van der Waals surface area contributed by atoms with Crippen LogP contribution in [-0.2, 0) is 27.2 Å². The highest BCUT2D eigenvalue weighted by Crippen LogP contribution is 2.65. The summed E-state index contributed by atoms with van der Waals surface area (Å²) in [5.74, 6) is -5.07. The Kier molecular flexibility index (Phi) is 6.53. The molecule has 1 aromatic rings. The average Bonchev–Trinajstić information content (AvgIpc) is 3.36. The van der Waals surface area contributed by atoms with Gasteiger partial charge in [0.2, 0.25) is 5.78 Å². The van der Waals surface area contributed by atoms with Crippen molar-refractivity contribution < 1.29 is 34.8 Å². The Balaban J connectivity index is 1.67. The second-order valence-electron chi connectivity index (χ2n) is 12.9. The first-order valence-corrected chi connectivity index (χ1v) is 14.1. The number of aryl methyl sites for hydroxylation is 1. The molecule has 4 aliphatic carbocycles. The third-order valence-electron chi connectivity index (χ3n) is 9.78. The molecule has 0 radical (unpaired) electrons. The Labute approximate surface area is 234 Å². The lowest BCUT2D eigenvalue weighted by atomic mass is 9.43. The molecule has 7 nitrogen and oxygen atoms in total. The monoisotopic (exact) mass is 546 g/mol. The zero-order valence-corrected chi connectivity index (χ0v) is 23.8. The summed E-state index contributed by atoms with van der Waals surface area (Å²) in [5, 5.41) is 45.8. The van der Waals surface area contributed by atoms with Gasteiger partial charge >= 0.3 is 0 Å². The van der Waals surface area contributed by atoms with Crippen LogP contribution in [0, 0.1) is 22.7 Å². The molecule has 0 aromatic heterocycles. The van der Waals surface area contributed by atoms with Gasteiger partial charge in [0.25, 0.3) is 0 Å². The van der Waals surface area contributed by atoms with Gasteiger partial charge in [-0.1, -0.05) is 57.6 Å². The summed E-state index contributed by atoms with van der Waals surface area (Å²) in [6.45, 7) is 8.17. The molecule has 40 heavy (non-hydrogen) atoms. The molecular weight excluding hydrogens is 508 g/mol. The summed E-state index contributed by atoms with van der Waals surface area (Å²) >= 11 is 0. The molecule has 0 spiro atoms. The lowest BCUT2D eigenvalue weighted by molar-refractivity contribution is -0.178. The van der Waals surface area contributed by atoms with Gasteiger partial charge < -0.3 is 20.4 Å². The normalized spacial score (nSPS) is 31.4.